The van der Waals surface area contributed by atoms with E-state index in [-0.39, 0.29) is 0 Å². The van der Waals surface area contributed by atoms with E-state index in [0.29, 0.717) is 6.54 Å². The quantitative estimate of drug-likeness (QED) is 0.579. The van der Waals surface area contributed by atoms with Crippen LogP contribution in [-0.4, -0.2) is 11.1 Å². The highest BCUT2D eigenvalue weighted by Gasteiger charge is 2.00. The van der Waals surface area contributed by atoms with Gasteiger partial charge in [-0.2, -0.15) is 0 Å². The molecule has 80 valence electrons. The summed E-state index contributed by atoms with van der Waals surface area (Å²) in [5, 5.41) is 2.31. The van der Waals surface area contributed by atoms with Crippen LogP contribution in [0, 0.1) is 0 Å². The second kappa shape index (κ2) is 4.69. The number of carbonyl (C=O) groups excluding carboxylic acids is 1. The van der Waals surface area contributed by atoms with E-state index in [1.54, 1.807) is 6.08 Å². The molecule has 0 fully saturated rings. The van der Waals surface area contributed by atoms with Crippen LogP contribution in [-0.2, 0) is 17.8 Å². The van der Waals surface area contributed by atoms with Gasteiger partial charge in [-0.05, 0) is 29.0 Å². The summed E-state index contributed by atoms with van der Waals surface area (Å²) >= 11 is 0. The minimum absolute atomic E-state index is 0.385. The predicted octanol–water partition coefficient (Wildman–Crippen LogP) is 2.63. The second-order valence-electron chi connectivity index (χ2n) is 3.62. The number of isocyanates is 1. The number of nitrogens with zero attached hydrogens (tertiary/aromatic N) is 2. The molecule has 0 saturated heterocycles. The van der Waals surface area contributed by atoms with Gasteiger partial charge in [-0.3, -0.25) is 4.98 Å². The Kier molecular flexibility index (Phi) is 3.08. The molecule has 0 atom stereocenters. The number of rotatable bonds is 3. The Morgan fingerprint density at radius 2 is 2.25 bits per heavy atom. The minimum Gasteiger partial charge on any atom is -0.264 e. The second-order valence-corrected chi connectivity index (χ2v) is 3.62. The van der Waals surface area contributed by atoms with E-state index < -0.39 is 0 Å². The lowest BCUT2D eigenvalue weighted by Gasteiger charge is -2.04. The lowest BCUT2D eigenvalue weighted by atomic mass is 10.0. The van der Waals surface area contributed by atoms with Crippen molar-refractivity contribution in [3.05, 3.63) is 41.7 Å². The molecule has 1 aromatic heterocycles. The van der Waals surface area contributed by atoms with Crippen molar-refractivity contribution < 1.29 is 4.79 Å². The fourth-order valence-corrected chi connectivity index (χ4v) is 1.79. The average molecular weight is 212 g/mol. The molecule has 0 aliphatic heterocycles. The molecule has 1 aromatic carbocycles. The molecule has 0 unspecified atom stereocenters. The van der Waals surface area contributed by atoms with Gasteiger partial charge in [-0.25, -0.2) is 9.79 Å². The molecule has 3 nitrogen and oxygen atoms in total. The van der Waals surface area contributed by atoms with E-state index in [2.05, 4.69) is 23.0 Å². The Morgan fingerprint density at radius 3 is 3.00 bits per heavy atom. The van der Waals surface area contributed by atoms with Crippen molar-refractivity contribution in [1.82, 2.24) is 4.98 Å². The molecule has 2 aromatic rings. The van der Waals surface area contributed by atoms with Crippen LogP contribution in [0.15, 0.2) is 35.6 Å². The lowest BCUT2D eigenvalue weighted by molar-refractivity contribution is 0.563. The summed E-state index contributed by atoms with van der Waals surface area (Å²) in [6.45, 7) is 2.50. The van der Waals surface area contributed by atoms with Crippen molar-refractivity contribution in [2.75, 3.05) is 0 Å². The smallest absolute Gasteiger partial charge is 0.235 e. The number of aryl methyl sites for hydroxylation is 1. The van der Waals surface area contributed by atoms with Gasteiger partial charge >= 0.3 is 0 Å². The van der Waals surface area contributed by atoms with Crippen LogP contribution >= 0.6 is 0 Å². The van der Waals surface area contributed by atoms with Crippen LogP contribution in [0.2, 0.25) is 0 Å². The first-order chi connectivity index (χ1) is 7.85. The van der Waals surface area contributed by atoms with Crippen LogP contribution in [0.3, 0.4) is 0 Å². The zero-order chi connectivity index (χ0) is 11.4. The summed E-state index contributed by atoms with van der Waals surface area (Å²) in [5.74, 6) is 0. The van der Waals surface area contributed by atoms with Gasteiger partial charge in [0.05, 0.1) is 6.54 Å². The maximum absolute atomic E-state index is 10.0. The molecule has 0 spiro atoms. The first-order valence-corrected chi connectivity index (χ1v) is 5.24. The third-order valence-corrected chi connectivity index (χ3v) is 2.61. The molecular weight excluding hydrogens is 200 g/mol. The number of benzene rings is 1. The Bertz CT molecular complexity index is 557. The number of aliphatic imine (C=N–C) groups is 1. The van der Waals surface area contributed by atoms with Gasteiger partial charge < -0.3 is 0 Å². The summed E-state index contributed by atoms with van der Waals surface area (Å²) < 4.78 is 0. The molecule has 0 amide bonds. The summed E-state index contributed by atoms with van der Waals surface area (Å²) in [6, 6.07) is 6.07. The SMILES string of the molecule is CCc1cncc2cc(CN=C=O)ccc12. The third kappa shape index (κ3) is 2.00. The summed E-state index contributed by atoms with van der Waals surface area (Å²) in [6.07, 6.45) is 6.24. The van der Waals surface area contributed by atoms with Gasteiger partial charge in [0.2, 0.25) is 6.08 Å². The maximum atomic E-state index is 10.0. The Labute approximate surface area is 93.8 Å². The summed E-state index contributed by atoms with van der Waals surface area (Å²) in [5.41, 5.74) is 2.24. The molecule has 0 saturated carbocycles. The van der Waals surface area contributed by atoms with E-state index in [0.717, 1.165) is 17.4 Å². The van der Waals surface area contributed by atoms with Crippen molar-refractivity contribution in [2.45, 2.75) is 19.9 Å². The highest BCUT2D eigenvalue weighted by atomic mass is 16.1. The van der Waals surface area contributed by atoms with Crippen LogP contribution in [0.25, 0.3) is 10.8 Å². The van der Waals surface area contributed by atoms with Crippen LogP contribution in [0.1, 0.15) is 18.1 Å². The van der Waals surface area contributed by atoms with Gasteiger partial charge in [0.15, 0.2) is 0 Å². The summed E-state index contributed by atoms with van der Waals surface area (Å²) in [4.78, 5) is 17.8. The number of hydrogen-bond acceptors (Lipinski definition) is 3. The molecule has 0 radical (unpaired) electrons. The van der Waals surface area contributed by atoms with Crippen LogP contribution in [0.5, 0.6) is 0 Å². The Morgan fingerprint density at radius 1 is 1.38 bits per heavy atom. The molecule has 0 N–H and O–H groups in total. The topological polar surface area (TPSA) is 42.3 Å². The van der Waals surface area contributed by atoms with Crippen LogP contribution < -0.4 is 0 Å². The number of hydrogen-bond donors (Lipinski definition) is 0. The first-order valence-electron chi connectivity index (χ1n) is 5.24. The fraction of sp³-hybridized carbons (Fsp3) is 0.231. The minimum atomic E-state index is 0.385. The zero-order valence-corrected chi connectivity index (χ0v) is 9.10. The van der Waals surface area contributed by atoms with Crippen molar-refractivity contribution in [1.29, 1.82) is 0 Å². The Balaban J connectivity index is 2.50. The summed E-state index contributed by atoms with van der Waals surface area (Å²) in [7, 11) is 0. The van der Waals surface area contributed by atoms with Crippen molar-refractivity contribution in [3.8, 4) is 0 Å². The number of pyridine rings is 1. The normalized spacial score (nSPS) is 10.1. The number of fused-ring (bicyclic) bond motifs is 1. The number of aromatic nitrogens is 1. The predicted molar refractivity (Wildman–Crippen MR) is 62.9 cm³/mol. The standard InChI is InChI=1S/C13H12N2O/c1-2-11-7-14-8-12-5-10(6-15-9-16)3-4-13(11)12/h3-5,7-8H,2,6H2,1H3. The van der Waals surface area contributed by atoms with E-state index in [1.165, 1.54) is 10.9 Å². The van der Waals surface area contributed by atoms with E-state index >= 15 is 0 Å². The van der Waals surface area contributed by atoms with Crippen molar-refractivity contribution >= 4 is 16.9 Å². The average Bonchev–Trinajstić information content (AvgIpc) is 2.35. The fourth-order valence-electron chi connectivity index (χ4n) is 1.79. The molecule has 2 rings (SSSR count). The van der Waals surface area contributed by atoms with Gasteiger partial charge in [0, 0.05) is 17.8 Å². The molecule has 0 aliphatic rings. The van der Waals surface area contributed by atoms with E-state index in [4.69, 9.17) is 0 Å². The van der Waals surface area contributed by atoms with Crippen molar-refractivity contribution in [3.63, 3.8) is 0 Å². The monoisotopic (exact) mass is 212 g/mol. The first kappa shape index (κ1) is 10.5. The molecule has 0 bridgehead atoms. The lowest BCUT2D eigenvalue weighted by Crippen LogP contribution is -1.88. The van der Waals surface area contributed by atoms with Gasteiger partial charge in [-0.1, -0.05) is 19.1 Å². The van der Waals surface area contributed by atoms with Gasteiger partial charge in [-0.15, -0.1) is 0 Å². The van der Waals surface area contributed by atoms with E-state index in [1.807, 2.05) is 24.5 Å². The maximum Gasteiger partial charge on any atom is 0.235 e. The van der Waals surface area contributed by atoms with Gasteiger partial charge in [0.25, 0.3) is 0 Å². The largest absolute Gasteiger partial charge is 0.264 e. The molecule has 1 heterocycles. The van der Waals surface area contributed by atoms with E-state index in [9.17, 15) is 4.79 Å². The van der Waals surface area contributed by atoms with Crippen LogP contribution in [0.4, 0.5) is 0 Å². The third-order valence-electron chi connectivity index (χ3n) is 2.61. The van der Waals surface area contributed by atoms with Gasteiger partial charge in [0.1, 0.15) is 0 Å². The highest BCUT2D eigenvalue weighted by molar-refractivity contribution is 5.85. The molecule has 3 heteroatoms. The molecule has 0 aliphatic carbocycles. The molecule has 16 heavy (non-hydrogen) atoms. The molecular formula is C13H12N2O. The Hall–Kier alpha value is -1.99. The highest BCUT2D eigenvalue weighted by Crippen LogP contribution is 2.19. The zero-order valence-electron chi connectivity index (χ0n) is 9.10. The van der Waals surface area contributed by atoms with Crippen molar-refractivity contribution in [2.24, 2.45) is 4.99 Å².